The van der Waals surface area contributed by atoms with Crippen molar-refractivity contribution in [1.29, 1.82) is 0 Å². The molecule has 4 aromatic rings. The van der Waals surface area contributed by atoms with Crippen LogP contribution in [0.3, 0.4) is 0 Å². The summed E-state index contributed by atoms with van der Waals surface area (Å²) in [6.45, 7) is 4.51. The summed E-state index contributed by atoms with van der Waals surface area (Å²) < 4.78 is 1.91. The van der Waals surface area contributed by atoms with Gasteiger partial charge in [-0.05, 0) is 17.2 Å². The number of carbonyl (C=O) groups is 1. The molecule has 0 bridgehead atoms. The van der Waals surface area contributed by atoms with Gasteiger partial charge in [-0.15, -0.1) is 0 Å². The third kappa shape index (κ3) is 4.02. The first-order valence-electron chi connectivity index (χ1n) is 11.7. The highest BCUT2D eigenvalue weighted by molar-refractivity contribution is 5.90. The van der Waals surface area contributed by atoms with Gasteiger partial charge in [0.15, 0.2) is 0 Å². The Kier molecular flexibility index (Phi) is 5.75. The number of amides is 1. The molecule has 1 aliphatic rings. The molecule has 0 fully saturated rings. The van der Waals surface area contributed by atoms with Crippen molar-refractivity contribution in [3.05, 3.63) is 89.1 Å². The van der Waals surface area contributed by atoms with Crippen LogP contribution < -0.4 is 5.32 Å². The van der Waals surface area contributed by atoms with E-state index in [0.29, 0.717) is 24.4 Å². The van der Waals surface area contributed by atoms with E-state index >= 15 is 0 Å². The molecule has 34 heavy (non-hydrogen) atoms. The highest BCUT2D eigenvalue weighted by Crippen LogP contribution is 2.35. The number of aliphatic hydroxyl groups excluding tert-OH is 2. The Morgan fingerprint density at radius 3 is 2.62 bits per heavy atom. The normalized spacial score (nSPS) is 20.6. The number of aromatic amines is 1. The first-order valence-corrected chi connectivity index (χ1v) is 11.7. The summed E-state index contributed by atoms with van der Waals surface area (Å²) in [4.78, 5) is 20.9. The Labute approximate surface area is 198 Å². The number of H-pyrrole nitrogens is 1. The van der Waals surface area contributed by atoms with E-state index in [1.807, 2.05) is 73.0 Å². The van der Waals surface area contributed by atoms with Crippen LogP contribution in [0.15, 0.2) is 60.9 Å². The number of aliphatic hydroxyl groups is 2. The van der Waals surface area contributed by atoms with E-state index < -0.39 is 17.6 Å². The number of para-hydroxylation sites is 1. The molecule has 7 nitrogen and oxygen atoms in total. The van der Waals surface area contributed by atoms with Gasteiger partial charge in [0, 0.05) is 41.5 Å². The number of benzene rings is 2. The second-order valence-electron chi connectivity index (χ2n) is 9.66. The zero-order valence-corrected chi connectivity index (χ0v) is 19.5. The van der Waals surface area contributed by atoms with Gasteiger partial charge in [-0.1, -0.05) is 62.4 Å². The number of nitrogens with zero attached hydrogens (tertiary/aromatic N) is 2. The van der Waals surface area contributed by atoms with E-state index in [0.717, 1.165) is 27.7 Å². The average Bonchev–Trinajstić information content (AvgIpc) is 3.39. The second kappa shape index (κ2) is 8.74. The summed E-state index contributed by atoms with van der Waals surface area (Å²) in [7, 11) is 0. The van der Waals surface area contributed by atoms with Crippen LogP contribution in [0.4, 0.5) is 0 Å². The van der Waals surface area contributed by atoms with E-state index in [4.69, 9.17) is 0 Å². The van der Waals surface area contributed by atoms with Crippen LogP contribution in [0.25, 0.3) is 10.9 Å². The molecule has 0 unspecified atom stereocenters. The smallest absolute Gasteiger partial charge is 0.224 e. The molecule has 0 saturated heterocycles. The van der Waals surface area contributed by atoms with Gasteiger partial charge >= 0.3 is 0 Å². The maximum absolute atomic E-state index is 12.9. The topological polar surface area (TPSA) is 103 Å². The molecule has 0 radical (unpaired) electrons. The van der Waals surface area contributed by atoms with Crippen molar-refractivity contribution >= 4 is 16.8 Å². The van der Waals surface area contributed by atoms with Crippen LogP contribution in [-0.2, 0) is 29.6 Å². The number of hydrogen-bond acceptors (Lipinski definition) is 4. The molecule has 0 spiro atoms. The molecule has 176 valence electrons. The van der Waals surface area contributed by atoms with Gasteiger partial charge in [0.2, 0.25) is 5.91 Å². The van der Waals surface area contributed by atoms with E-state index in [2.05, 4.69) is 15.3 Å². The van der Waals surface area contributed by atoms with Crippen molar-refractivity contribution in [1.82, 2.24) is 19.9 Å². The maximum atomic E-state index is 12.9. The van der Waals surface area contributed by atoms with Crippen LogP contribution in [0.2, 0.25) is 0 Å². The van der Waals surface area contributed by atoms with Gasteiger partial charge in [-0.3, -0.25) is 4.79 Å². The molecule has 5 rings (SSSR count). The second-order valence-corrected chi connectivity index (χ2v) is 9.66. The standard InChI is InChI=1S/C27H30N4O3/c1-27(2)23(33)13-21-19(18-10-6-7-11-20(18)30-21)12-24(34)28-14-22(32)25-26(27)29-16-31(25)15-17-8-4-3-5-9-17/h3-11,16,22-23,30,32-33H,12-15H2,1-2H3,(H,28,34)/t22-,23-/m0/s1. The SMILES string of the molecule is CC1(C)c2ncn(Cc3ccccc3)c2[C@@H](O)CNC(=O)Cc2c([nH]c3ccccc23)C[C@@H]1O. The minimum Gasteiger partial charge on any atom is -0.392 e. The predicted octanol–water partition coefficient (Wildman–Crippen LogP) is 3.00. The van der Waals surface area contributed by atoms with Gasteiger partial charge in [0.25, 0.3) is 0 Å². The number of carbonyl (C=O) groups excluding carboxylic acids is 1. The number of rotatable bonds is 2. The minimum absolute atomic E-state index is 0.0657. The molecule has 2 atom stereocenters. The molecular weight excluding hydrogens is 428 g/mol. The van der Waals surface area contributed by atoms with Gasteiger partial charge < -0.3 is 25.1 Å². The number of nitrogens with one attached hydrogen (secondary N) is 2. The lowest BCUT2D eigenvalue weighted by atomic mass is 9.79. The maximum Gasteiger partial charge on any atom is 0.224 e. The fraction of sp³-hybridized carbons (Fsp3) is 0.333. The Hall–Kier alpha value is -3.42. The summed E-state index contributed by atoms with van der Waals surface area (Å²) in [5.74, 6) is -0.171. The van der Waals surface area contributed by atoms with E-state index in [1.165, 1.54) is 0 Å². The fourth-order valence-corrected chi connectivity index (χ4v) is 4.91. The predicted molar refractivity (Wildman–Crippen MR) is 130 cm³/mol. The van der Waals surface area contributed by atoms with Crippen LogP contribution in [0, 0.1) is 0 Å². The fourth-order valence-electron chi connectivity index (χ4n) is 4.91. The molecule has 1 aliphatic heterocycles. The molecule has 0 aliphatic carbocycles. The third-order valence-corrected chi connectivity index (χ3v) is 6.96. The first-order chi connectivity index (χ1) is 16.3. The van der Waals surface area contributed by atoms with Gasteiger partial charge in [0.1, 0.15) is 6.10 Å². The van der Waals surface area contributed by atoms with Crippen molar-refractivity contribution in [2.45, 2.75) is 50.9 Å². The summed E-state index contributed by atoms with van der Waals surface area (Å²) >= 11 is 0. The Morgan fingerprint density at radius 2 is 1.82 bits per heavy atom. The van der Waals surface area contributed by atoms with Crippen LogP contribution >= 0.6 is 0 Å². The molecule has 0 saturated carbocycles. The van der Waals surface area contributed by atoms with Gasteiger partial charge in [-0.2, -0.15) is 0 Å². The molecule has 3 heterocycles. The van der Waals surface area contributed by atoms with Crippen molar-refractivity contribution < 1.29 is 15.0 Å². The summed E-state index contributed by atoms with van der Waals surface area (Å²) in [6.07, 6.45) is 0.484. The zero-order chi connectivity index (χ0) is 23.9. The van der Waals surface area contributed by atoms with Gasteiger partial charge in [0.05, 0.1) is 30.2 Å². The monoisotopic (exact) mass is 458 g/mol. The summed E-state index contributed by atoms with van der Waals surface area (Å²) in [5.41, 5.74) is 4.26. The molecule has 7 heteroatoms. The lowest BCUT2D eigenvalue weighted by Crippen LogP contribution is -2.39. The Bertz CT molecular complexity index is 1320. The van der Waals surface area contributed by atoms with E-state index in [1.54, 1.807) is 6.33 Å². The number of β-amino-alcohol motifs (C(OH)–C–C–N with tert-alkyl or cyclic N) is 1. The number of hydrogen-bond donors (Lipinski definition) is 4. The lowest BCUT2D eigenvalue weighted by molar-refractivity contribution is -0.120. The van der Waals surface area contributed by atoms with E-state index in [-0.39, 0.29) is 18.9 Å². The van der Waals surface area contributed by atoms with Crippen LogP contribution in [0.1, 0.15) is 48.2 Å². The number of fused-ring (bicyclic) bond motifs is 4. The zero-order valence-electron chi connectivity index (χ0n) is 19.5. The Balaban J connectivity index is 1.58. The van der Waals surface area contributed by atoms with Crippen LogP contribution in [0.5, 0.6) is 0 Å². The van der Waals surface area contributed by atoms with Crippen molar-refractivity contribution in [2.75, 3.05) is 6.54 Å². The number of imidazole rings is 1. The van der Waals surface area contributed by atoms with Crippen molar-refractivity contribution in [3.63, 3.8) is 0 Å². The Morgan fingerprint density at radius 1 is 1.09 bits per heavy atom. The lowest BCUT2D eigenvalue weighted by Gasteiger charge is -2.32. The van der Waals surface area contributed by atoms with E-state index in [9.17, 15) is 15.0 Å². The third-order valence-electron chi connectivity index (χ3n) is 6.96. The molecule has 2 aromatic carbocycles. The van der Waals surface area contributed by atoms with Crippen molar-refractivity contribution in [2.24, 2.45) is 0 Å². The van der Waals surface area contributed by atoms with Crippen molar-refractivity contribution in [3.8, 4) is 0 Å². The van der Waals surface area contributed by atoms with Gasteiger partial charge in [-0.25, -0.2) is 4.98 Å². The molecule has 2 aromatic heterocycles. The number of aromatic nitrogens is 3. The first kappa shape index (κ1) is 22.4. The summed E-state index contributed by atoms with van der Waals surface area (Å²) in [5, 5.41) is 26.5. The highest BCUT2D eigenvalue weighted by atomic mass is 16.3. The summed E-state index contributed by atoms with van der Waals surface area (Å²) in [6, 6.07) is 17.8. The quantitative estimate of drug-likeness (QED) is 0.371. The molecule has 1 amide bonds. The largest absolute Gasteiger partial charge is 0.392 e. The average molecular weight is 459 g/mol. The minimum atomic E-state index is -0.960. The highest BCUT2D eigenvalue weighted by Gasteiger charge is 2.38. The molecular formula is C27H30N4O3. The van der Waals surface area contributed by atoms with Crippen LogP contribution in [-0.4, -0.2) is 43.3 Å². The molecule has 4 N–H and O–H groups in total.